The Morgan fingerprint density at radius 3 is 2.39 bits per heavy atom. The van der Waals surface area contributed by atoms with Crippen LogP contribution in [0.5, 0.6) is 0 Å². The highest BCUT2D eigenvalue weighted by Gasteiger charge is 2.41. The number of imide groups is 1. The Hall–Kier alpha value is -4.70. The van der Waals surface area contributed by atoms with Crippen LogP contribution in [-0.4, -0.2) is 39.1 Å². The highest BCUT2D eigenvalue weighted by molar-refractivity contribution is 7.15. The molecule has 178 valence electrons. The molecule has 9 nitrogen and oxygen atoms in total. The van der Waals surface area contributed by atoms with E-state index in [1.54, 1.807) is 23.5 Å². The number of fused-ring (bicyclic) bond motifs is 1. The number of carbonyl (C=O) groups excluding carboxylic acids is 3. The number of carbonyl (C=O) groups is 3. The average molecular weight is 499 g/mol. The first-order valence-electron chi connectivity index (χ1n) is 10.9. The van der Waals surface area contributed by atoms with E-state index in [0.29, 0.717) is 10.6 Å². The zero-order valence-corrected chi connectivity index (χ0v) is 19.7. The van der Waals surface area contributed by atoms with E-state index < -0.39 is 34.9 Å². The van der Waals surface area contributed by atoms with Gasteiger partial charge in [-0.3, -0.25) is 29.4 Å². The molecule has 4 aromatic rings. The maximum absolute atomic E-state index is 12.7. The van der Waals surface area contributed by atoms with Gasteiger partial charge in [0.25, 0.3) is 17.5 Å². The van der Waals surface area contributed by atoms with Crippen LogP contribution in [0.3, 0.4) is 0 Å². The lowest BCUT2D eigenvalue weighted by atomic mass is 10.1. The zero-order valence-electron chi connectivity index (χ0n) is 18.9. The number of aromatic nitrogens is 1. The minimum absolute atomic E-state index is 0.0835. The summed E-state index contributed by atoms with van der Waals surface area (Å²) in [5.41, 5.74) is 2.41. The first kappa shape index (κ1) is 23.1. The van der Waals surface area contributed by atoms with E-state index in [9.17, 15) is 24.5 Å². The second-order valence-corrected chi connectivity index (χ2v) is 9.27. The third kappa shape index (κ3) is 4.14. The van der Waals surface area contributed by atoms with E-state index in [1.165, 1.54) is 12.1 Å². The predicted octanol–water partition coefficient (Wildman–Crippen LogP) is 4.93. The van der Waals surface area contributed by atoms with Crippen LogP contribution < -0.4 is 5.32 Å². The molecular formula is C26H18N4O5S. The van der Waals surface area contributed by atoms with Gasteiger partial charge >= 0.3 is 0 Å². The van der Waals surface area contributed by atoms with Gasteiger partial charge in [-0.2, -0.15) is 0 Å². The van der Waals surface area contributed by atoms with Gasteiger partial charge in [0.2, 0.25) is 5.91 Å². The van der Waals surface area contributed by atoms with Crippen molar-refractivity contribution in [1.29, 1.82) is 0 Å². The summed E-state index contributed by atoms with van der Waals surface area (Å²) in [5, 5.41) is 14.8. The topological polar surface area (TPSA) is 123 Å². The number of amides is 3. The van der Waals surface area contributed by atoms with Gasteiger partial charge in [0.05, 0.1) is 16.2 Å². The summed E-state index contributed by atoms with van der Waals surface area (Å²) in [5.74, 6) is -2.20. The van der Waals surface area contributed by atoms with E-state index in [0.717, 1.165) is 32.8 Å². The lowest BCUT2D eigenvalue weighted by molar-refractivity contribution is -0.385. The number of aryl methyl sites for hydroxylation is 1. The van der Waals surface area contributed by atoms with Gasteiger partial charge in [-0.1, -0.05) is 48.5 Å². The molecule has 10 heteroatoms. The molecule has 3 aromatic carbocycles. The van der Waals surface area contributed by atoms with E-state index in [-0.39, 0.29) is 11.1 Å². The van der Waals surface area contributed by atoms with Crippen LogP contribution in [0.2, 0.25) is 0 Å². The number of benzene rings is 3. The molecule has 0 saturated heterocycles. The molecule has 0 aliphatic carbocycles. The normalized spacial score (nSPS) is 12.5. The Morgan fingerprint density at radius 2 is 1.69 bits per heavy atom. The van der Waals surface area contributed by atoms with Gasteiger partial charge in [-0.05, 0) is 25.1 Å². The minimum atomic E-state index is -0.860. The Morgan fingerprint density at radius 1 is 0.972 bits per heavy atom. The first-order valence-corrected chi connectivity index (χ1v) is 11.7. The van der Waals surface area contributed by atoms with Crippen LogP contribution in [-0.2, 0) is 4.79 Å². The maximum atomic E-state index is 12.7. The Kier molecular flexibility index (Phi) is 5.87. The molecule has 0 spiro atoms. The van der Waals surface area contributed by atoms with Gasteiger partial charge in [-0.15, -0.1) is 11.3 Å². The van der Waals surface area contributed by atoms with Crippen LogP contribution in [0.25, 0.3) is 21.8 Å². The monoisotopic (exact) mass is 498 g/mol. The number of nitro groups is 1. The fourth-order valence-electron chi connectivity index (χ4n) is 4.04. The molecule has 0 fully saturated rings. The average Bonchev–Trinajstić information content (AvgIpc) is 3.38. The highest BCUT2D eigenvalue weighted by Crippen LogP contribution is 2.34. The lowest BCUT2D eigenvalue weighted by Crippen LogP contribution is -2.37. The molecular weight excluding hydrogens is 480 g/mol. The number of nitrogens with zero attached hydrogens (tertiary/aromatic N) is 3. The largest absolute Gasteiger partial charge is 0.325 e. The number of nitrogens with one attached hydrogen (secondary N) is 1. The van der Waals surface area contributed by atoms with Crippen LogP contribution in [0.4, 0.5) is 11.4 Å². The van der Waals surface area contributed by atoms with E-state index in [4.69, 9.17) is 4.98 Å². The van der Waals surface area contributed by atoms with Crippen LogP contribution in [0.1, 0.15) is 25.6 Å². The first-order chi connectivity index (χ1) is 17.3. The molecule has 5 rings (SSSR count). The quantitative estimate of drug-likeness (QED) is 0.229. The summed E-state index contributed by atoms with van der Waals surface area (Å²) in [6, 6.07) is 20.8. The summed E-state index contributed by atoms with van der Waals surface area (Å²) >= 11 is 1.60. The molecule has 0 radical (unpaired) electrons. The summed E-state index contributed by atoms with van der Waals surface area (Å²) in [7, 11) is 0. The SMILES string of the molecule is Cc1sc(-c2ccccc2)nc1-c1ccc(NC(=O)CN2C(=O)c3cccc([N+](=O)[O-])c3C2=O)cc1. The van der Waals surface area contributed by atoms with Crippen molar-refractivity contribution in [3.05, 3.63) is 98.9 Å². The lowest BCUT2D eigenvalue weighted by Gasteiger charge is -2.13. The van der Waals surface area contributed by atoms with Crippen LogP contribution in [0, 0.1) is 17.0 Å². The van der Waals surface area contributed by atoms with Crippen LogP contribution in [0.15, 0.2) is 72.8 Å². The summed E-state index contributed by atoms with van der Waals surface area (Å²) in [4.78, 5) is 54.9. The van der Waals surface area contributed by atoms with Gasteiger partial charge < -0.3 is 5.32 Å². The number of nitro benzene ring substituents is 1. The van der Waals surface area contributed by atoms with Gasteiger partial charge in [-0.25, -0.2) is 4.98 Å². The molecule has 1 aliphatic heterocycles. The second-order valence-electron chi connectivity index (χ2n) is 8.07. The fourth-order valence-corrected chi connectivity index (χ4v) is 4.98. The summed E-state index contributed by atoms with van der Waals surface area (Å²) in [6.45, 7) is 1.44. The van der Waals surface area contributed by atoms with E-state index >= 15 is 0 Å². The molecule has 0 saturated carbocycles. The third-order valence-corrected chi connectivity index (χ3v) is 6.75. The molecule has 1 aliphatic rings. The Labute approximate surface area is 209 Å². The molecule has 0 atom stereocenters. The maximum Gasteiger partial charge on any atom is 0.282 e. The third-order valence-electron chi connectivity index (χ3n) is 5.73. The van der Waals surface area contributed by atoms with Crippen molar-refractivity contribution in [1.82, 2.24) is 9.88 Å². The van der Waals surface area contributed by atoms with Crippen molar-refractivity contribution >= 4 is 40.4 Å². The fraction of sp³-hybridized carbons (Fsp3) is 0.0769. The smallest absolute Gasteiger partial charge is 0.282 e. The Balaban J connectivity index is 1.28. The number of thiazole rings is 1. The highest BCUT2D eigenvalue weighted by atomic mass is 32.1. The molecule has 1 aromatic heterocycles. The number of anilines is 1. The summed E-state index contributed by atoms with van der Waals surface area (Å²) in [6.07, 6.45) is 0. The van der Waals surface area contributed by atoms with Crippen molar-refractivity contribution in [3.63, 3.8) is 0 Å². The van der Waals surface area contributed by atoms with Crippen molar-refractivity contribution < 1.29 is 19.3 Å². The van der Waals surface area contributed by atoms with Gasteiger partial charge in [0.1, 0.15) is 17.1 Å². The number of hydrogen-bond acceptors (Lipinski definition) is 7. The molecule has 1 N–H and O–H groups in total. The molecule has 2 heterocycles. The molecule has 0 unspecified atom stereocenters. The molecule has 3 amide bonds. The standard InChI is InChI=1S/C26H18N4O5S/c1-15-23(28-24(36-15)17-6-3-2-4-7-17)16-10-12-18(13-11-16)27-21(31)14-29-25(32)19-8-5-9-20(30(34)35)22(19)26(29)33/h2-13H,14H2,1H3,(H,27,31). The van der Waals surface area contributed by atoms with Crippen molar-refractivity contribution in [2.75, 3.05) is 11.9 Å². The van der Waals surface area contributed by atoms with Crippen molar-refractivity contribution in [2.45, 2.75) is 6.92 Å². The zero-order chi connectivity index (χ0) is 25.4. The van der Waals surface area contributed by atoms with Crippen molar-refractivity contribution in [2.24, 2.45) is 0 Å². The van der Waals surface area contributed by atoms with Gasteiger partial charge in [0.15, 0.2) is 0 Å². The predicted molar refractivity (Wildman–Crippen MR) is 135 cm³/mol. The number of hydrogen-bond donors (Lipinski definition) is 1. The molecule has 36 heavy (non-hydrogen) atoms. The van der Waals surface area contributed by atoms with Crippen LogP contribution >= 0.6 is 11.3 Å². The minimum Gasteiger partial charge on any atom is -0.325 e. The summed E-state index contributed by atoms with van der Waals surface area (Å²) < 4.78 is 0. The molecule has 0 bridgehead atoms. The Bertz CT molecular complexity index is 1530. The van der Waals surface area contributed by atoms with E-state index in [2.05, 4.69) is 5.32 Å². The van der Waals surface area contributed by atoms with E-state index in [1.807, 2.05) is 49.4 Å². The van der Waals surface area contributed by atoms with Crippen molar-refractivity contribution in [3.8, 4) is 21.8 Å². The van der Waals surface area contributed by atoms with Gasteiger partial charge in [0, 0.05) is 27.8 Å². The second kappa shape index (κ2) is 9.16. The number of rotatable bonds is 6.